The Balaban J connectivity index is 3.43. The molecule has 30 heavy (non-hydrogen) atoms. The molecule has 0 aromatic carbocycles. The summed E-state index contributed by atoms with van der Waals surface area (Å²) in [7, 11) is 0. The lowest BCUT2D eigenvalue weighted by Gasteiger charge is -2.06. The normalized spacial score (nSPS) is 10.0. The molecule has 0 rings (SSSR count). The quantitative estimate of drug-likeness (QED) is 0.106. The van der Waals surface area contributed by atoms with Crippen molar-refractivity contribution in [1.29, 1.82) is 0 Å². The number of hydrogen-bond donors (Lipinski definition) is 0. The fourth-order valence-electron chi connectivity index (χ4n) is 2.22. The summed E-state index contributed by atoms with van der Waals surface area (Å²) in [5.41, 5.74) is 0. The molecule has 0 aromatic rings. The molecule has 9 nitrogen and oxygen atoms in total. The first kappa shape index (κ1) is 27.3. The SMILES string of the molecule is C=CC(=O)OCCOC(=O)CCCCCOC(=O)CCCCCOC(=O)CC(C)=O. The molecular weight excluding hydrogens is 396 g/mol. The summed E-state index contributed by atoms with van der Waals surface area (Å²) in [4.78, 5) is 55.7. The number of hydrogen-bond acceptors (Lipinski definition) is 9. The molecular formula is C21H32O9. The molecule has 0 fully saturated rings. The van der Waals surface area contributed by atoms with E-state index in [0.29, 0.717) is 38.7 Å². The van der Waals surface area contributed by atoms with E-state index in [1.165, 1.54) is 6.92 Å². The zero-order chi connectivity index (χ0) is 22.6. The molecule has 0 unspecified atom stereocenters. The molecule has 0 amide bonds. The predicted octanol–water partition coefficient (Wildman–Crippen LogP) is 2.45. The van der Waals surface area contributed by atoms with Gasteiger partial charge in [0.25, 0.3) is 0 Å². The molecule has 0 heterocycles. The van der Waals surface area contributed by atoms with Crippen LogP contribution in [-0.2, 0) is 42.9 Å². The zero-order valence-corrected chi connectivity index (χ0v) is 17.7. The number of esters is 4. The maximum atomic E-state index is 11.6. The number of Topliss-reactive ketones (excluding diaryl/α,β-unsaturated/α-hetero) is 1. The highest BCUT2D eigenvalue weighted by atomic mass is 16.6. The Bertz CT molecular complexity index is 569. The van der Waals surface area contributed by atoms with Crippen LogP contribution in [0.1, 0.15) is 64.7 Å². The van der Waals surface area contributed by atoms with Crippen molar-refractivity contribution < 1.29 is 42.9 Å². The van der Waals surface area contributed by atoms with Gasteiger partial charge in [0.1, 0.15) is 25.4 Å². The molecule has 0 aliphatic heterocycles. The van der Waals surface area contributed by atoms with Crippen molar-refractivity contribution in [3.05, 3.63) is 12.7 Å². The van der Waals surface area contributed by atoms with E-state index in [1.54, 1.807) is 0 Å². The highest BCUT2D eigenvalue weighted by molar-refractivity contribution is 5.94. The van der Waals surface area contributed by atoms with Crippen molar-refractivity contribution in [3.63, 3.8) is 0 Å². The fourth-order valence-corrected chi connectivity index (χ4v) is 2.22. The average molecular weight is 428 g/mol. The molecule has 0 N–H and O–H groups in total. The Hall–Kier alpha value is -2.71. The Labute approximate surface area is 177 Å². The number of carbonyl (C=O) groups excluding carboxylic acids is 5. The fraction of sp³-hybridized carbons (Fsp3) is 0.667. The lowest BCUT2D eigenvalue weighted by molar-refractivity contribution is -0.149. The van der Waals surface area contributed by atoms with E-state index in [9.17, 15) is 24.0 Å². The Kier molecular flexibility index (Phi) is 16.7. The number of unbranched alkanes of at least 4 members (excludes halogenated alkanes) is 4. The van der Waals surface area contributed by atoms with Gasteiger partial charge in [0.05, 0.1) is 13.2 Å². The summed E-state index contributed by atoms with van der Waals surface area (Å²) in [6.45, 7) is 5.13. The lowest BCUT2D eigenvalue weighted by atomic mass is 10.2. The summed E-state index contributed by atoms with van der Waals surface area (Å²) in [5, 5.41) is 0. The van der Waals surface area contributed by atoms with Crippen molar-refractivity contribution in [2.45, 2.75) is 64.7 Å². The van der Waals surface area contributed by atoms with Gasteiger partial charge < -0.3 is 18.9 Å². The van der Waals surface area contributed by atoms with Gasteiger partial charge >= 0.3 is 23.9 Å². The molecule has 0 saturated heterocycles. The number of ketones is 1. The number of carbonyl (C=O) groups is 5. The zero-order valence-electron chi connectivity index (χ0n) is 17.7. The monoisotopic (exact) mass is 428 g/mol. The minimum Gasteiger partial charge on any atom is -0.466 e. The van der Waals surface area contributed by atoms with Gasteiger partial charge in [-0.3, -0.25) is 19.2 Å². The maximum absolute atomic E-state index is 11.6. The van der Waals surface area contributed by atoms with Crippen LogP contribution in [0.2, 0.25) is 0 Å². The molecule has 170 valence electrons. The molecule has 0 aliphatic carbocycles. The van der Waals surface area contributed by atoms with Crippen molar-refractivity contribution >= 4 is 29.7 Å². The van der Waals surface area contributed by atoms with Gasteiger partial charge in [-0.25, -0.2) is 4.79 Å². The van der Waals surface area contributed by atoms with Gasteiger partial charge in [-0.05, 0) is 45.4 Å². The first-order valence-corrected chi connectivity index (χ1v) is 10.1. The predicted molar refractivity (Wildman–Crippen MR) is 106 cm³/mol. The van der Waals surface area contributed by atoms with Gasteiger partial charge in [0.15, 0.2) is 0 Å². The van der Waals surface area contributed by atoms with Gasteiger partial charge in [-0.1, -0.05) is 6.58 Å². The van der Waals surface area contributed by atoms with E-state index in [-0.39, 0.29) is 50.4 Å². The Morgan fingerprint density at radius 1 is 0.633 bits per heavy atom. The minimum atomic E-state index is -0.563. The summed E-state index contributed by atoms with van der Waals surface area (Å²) in [6, 6.07) is 0. The smallest absolute Gasteiger partial charge is 0.330 e. The van der Waals surface area contributed by atoms with Gasteiger partial charge in [-0.2, -0.15) is 0 Å². The standard InChI is InChI=1S/C21H32O9/c1-3-18(23)29-14-15-30-20(25)11-7-4-8-12-27-19(24)10-6-5-9-13-28-21(26)16-17(2)22/h3H,1,4-16H2,2H3. The summed E-state index contributed by atoms with van der Waals surface area (Å²) >= 11 is 0. The van der Waals surface area contributed by atoms with Gasteiger partial charge in [0.2, 0.25) is 0 Å². The van der Waals surface area contributed by atoms with Crippen molar-refractivity contribution in [2.75, 3.05) is 26.4 Å². The third kappa shape index (κ3) is 18.6. The molecule has 0 bridgehead atoms. The van der Waals surface area contributed by atoms with Crippen LogP contribution in [0.4, 0.5) is 0 Å². The van der Waals surface area contributed by atoms with E-state index >= 15 is 0 Å². The van der Waals surface area contributed by atoms with Gasteiger partial charge in [0, 0.05) is 18.9 Å². The molecule has 0 spiro atoms. The highest BCUT2D eigenvalue weighted by Gasteiger charge is 2.07. The highest BCUT2D eigenvalue weighted by Crippen LogP contribution is 2.05. The number of rotatable bonds is 18. The third-order valence-corrected chi connectivity index (χ3v) is 3.73. The van der Waals surface area contributed by atoms with Crippen LogP contribution in [0.25, 0.3) is 0 Å². The van der Waals surface area contributed by atoms with Crippen LogP contribution < -0.4 is 0 Å². The average Bonchev–Trinajstić information content (AvgIpc) is 2.69. The van der Waals surface area contributed by atoms with Crippen LogP contribution in [-0.4, -0.2) is 56.1 Å². The third-order valence-electron chi connectivity index (χ3n) is 3.73. The summed E-state index contributed by atoms with van der Waals surface area (Å²) < 4.78 is 19.6. The largest absolute Gasteiger partial charge is 0.466 e. The summed E-state index contributed by atoms with van der Waals surface area (Å²) in [6.07, 6.45) is 5.35. The molecule has 0 saturated carbocycles. The second kappa shape index (κ2) is 18.3. The van der Waals surface area contributed by atoms with Crippen molar-refractivity contribution in [1.82, 2.24) is 0 Å². The van der Waals surface area contributed by atoms with E-state index in [0.717, 1.165) is 18.9 Å². The maximum Gasteiger partial charge on any atom is 0.330 e. The van der Waals surface area contributed by atoms with Crippen LogP contribution in [0.5, 0.6) is 0 Å². The van der Waals surface area contributed by atoms with Gasteiger partial charge in [-0.15, -0.1) is 0 Å². The minimum absolute atomic E-state index is 0.00242. The van der Waals surface area contributed by atoms with Crippen LogP contribution in [0, 0.1) is 0 Å². The molecule has 9 heteroatoms. The Morgan fingerprint density at radius 2 is 1.10 bits per heavy atom. The second-order valence-electron chi connectivity index (χ2n) is 6.53. The lowest BCUT2D eigenvalue weighted by Crippen LogP contribution is -2.12. The van der Waals surface area contributed by atoms with Crippen molar-refractivity contribution in [3.8, 4) is 0 Å². The summed E-state index contributed by atoms with van der Waals surface area (Å²) in [5.74, 6) is -1.96. The molecule has 0 aromatic heterocycles. The molecule has 0 atom stereocenters. The van der Waals surface area contributed by atoms with E-state index in [1.807, 2.05) is 0 Å². The first-order chi connectivity index (χ1) is 14.3. The van der Waals surface area contributed by atoms with Crippen molar-refractivity contribution in [2.24, 2.45) is 0 Å². The number of ether oxygens (including phenoxy) is 4. The second-order valence-corrected chi connectivity index (χ2v) is 6.53. The van der Waals surface area contributed by atoms with E-state index in [2.05, 4.69) is 11.3 Å². The van der Waals surface area contributed by atoms with E-state index in [4.69, 9.17) is 14.2 Å². The Morgan fingerprint density at radius 3 is 1.60 bits per heavy atom. The van der Waals surface area contributed by atoms with E-state index < -0.39 is 11.9 Å². The molecule has 0 radical (unpaired) electrons. The van der Waals surface area contributed by atoms with Crippen LogP contribution >= 0.6 is 0 Å². The first-order valence-electron chi connectivity index (χ1n) is 10.1. The molecule has 0 aliphatic rings. The van der Waals surface area contributed by atoms with Crippen LogP contribution in [0.15, 0.2) is 12.7 Å². The van der Waals surface area contributed by atoms with Crippen LogP contribution in [0.3, 0.4) is 0 Å². The topological polar surface area (TPSA) is 122 Å².